The zero-order chi connectivity index (χ0) is 36.9. The average molecular weight is 689 g/mol. The van der Waals surface area contributed by atoms with Crippen molar-refractivity contribution in [1.82, 2.24) is 19.8 Å². The molecule has 2 amide bonds. The van der Waals surface area contributed by atoms with Gasteiger partial charge in [-0.2, -0.15) is 0 Å². The van der Waals surface area contributed by atoms with E-state index in [1.54, 1.807) is 0 Å². The molecule has 2 atom stereocenters. The van der Waals surface area contributed by atoms with Crippen molar-refractivity contribution in [3.63, 3.8) is 0 Å². The van der Waals surface area contributed by atoms with Crippen LogP contribution in [-0.4, -0.2) is 59.2 Å². The zero-order valence-corrected chi connectivity index (χ0v) is 28.4. The first-order valence-corrected chi connectivity index (χ1v) is 16.2. The molecule has 2 unspecified atom stereocenters. The lowest BCUT2D eigenvalue weighted by molar-refractivity contribution is -0.149. The van der Waals surface area contributed by atoms with Crippen LogP contribution in [0.3, 0.4) is 0 Å². The molecule has 50 heavy (non-hydrogen) atoms. The molecule has 0 saturated heterocycles. The third-order valence-electron chi connectivity index (χ3n) is 8.13. The Morgan fingerprint density at radius 3 is 1.18 bits per heavy atom. The van der Waals surface area contributed by atoms with Gasteiger partial charge in [-0.3, -0.25) is 37.9 Å². The van der Waals surface area contributed by atoms with E-state index in [0.29, 0.717) is 10.8 Å². The molecule has 4 rings (SSSR count). The van der Waals surface area contributed by atoms with Gasteiger partial charge in [-0.15, -0.1) is 0 Å². The first kappa shape index (κ1) is 37.2. The van der Waals surface area contributed by atoms with Gasteiger partial charge >= 0.3 is 11.9 Å². The van der Waals surface area contributed by atoms with E-state index in [1.807, 2.05) is 27.7 Å². The molecule has 0 saturated carbocycles. The highest BCUT2D eigenvalue weighted by molar-refractivity contribution is 6.04. The van der Waals surface area contributed by atoms with Crippen LogP contribution in [0.5, 0.6) is 0 Å². The summed E-state index contributed by atoms with van der Waals surface area (Å²) in [6.07, 6.45) is 2.39. The van der Waals surface area contributed by atoms with E-state index >= 15 is 0 Å². The summed E-state index contributed by atoms with van der Waals surface area (Å²) in [7, 11) is 0. The van der Waals surface area contributed by atoms with Gasteiger partial charge in [0, 0.05) is 0 Å². The predicted octanol–water partition coefficient (Wildman–Crippen LogP) is 1.93. The molecule has 14 nitrogen and oxygen atoms in total. The number of aromatic nitrogens is 2. The molecule has 0 aliphatic heterocycles. The Bertz CT molecular complexity index is 1950. The molecule has 0 bridgehead atoms. The number of amides is 2. The van der Waals surface area contributed by atoms with Crippen LogP contribution in [-0.2, 0) is 28.7 Å². The Kier molecular flexibility index (Phi) is 11.7. The number of rotatable bonds is 16. The number of carbonyl (C=O) groups excluding carboxylic acids is 4. The van der Waals surface area contributed by atoms with Crippen molar-refractivity contribution in [3.05, 3.63) is 91.0 Å². The van der Waals surface area contributed by atoms with E-state index in [0.717, 1.165) is 21.3 Å². The van der Waals surface area contributed by atoms with Crippen LogP contribution < -0.4 is 32.9 Å². The first-order chi connectivity index (χ1) is 23.7. The minimum Gasteiger partial charge on any atom is -0.462 e. The summed E-state index contributed by atoms with van der Waals surface area (Å²) in [5, 5.41) is 5.79. The summed E-state index contributed by atoms with van der Waals surface area (Å²) in [4.78, 5) is 104. The summed E-state index contributed by atoms with van der Waals surface area (Å²) in [6.45, 7) is 13.6. The van der Waals surface area contributed by atoms with E-state index in [1.165, 1.54) is 24.3 Å². The summed E-state index contributed by atoms with van der Waals surface area (Å²) >= 11 is 0. The Hall–Kier alpha value is -5.66. The van der Waals surface area contributed by atoms with Crippen LogP contribution in [0.25, 0.3) is 32.3 Å². The number of fused-ring (bicyclic) bond motifs is 3. The van der Waals surface area contributed by atoms with Crippen molar-refractivity contribution in [2.45, 2.75) is 52.6 Å². The number of hydrogen-bond acceptors (Lipinski definition) is 10. The fraction of sp³-hybridized carbons (Fsp3) is 0.389. The Morgan fingerprint density at radius 2 is 0.920 bits per heavy atom. The highest BCUT2D eigenvalue weighted by atomic mass is 16.5. The van der Waals surface area contributed by atoms with Gasteiger partial charge in [-0.1, -0.05) is 40.9 Å². The average Bonchev–Trinajstić information content (AvgIpc) is 3.46. The maximum absolute atomic E-state index is 13.7. The number of benzene rings is 2. The molecule has 264 valence electrons. The van der Waals surface area contributed by atoms with Crippen molar-refractivity contribution in [2.75, 3.05) is 26.3 Å². The van der Waals surface area contributed by atoms with Gasteiger partial charge in [-0.25, -0.2) is 9.59 Å². The molecular weight excluding hydrogens is 648 g/mol. The van der Waals surface area contributed by atoms with Crippen LogP contribution >= 0.6 is 0 Å². The van der Waals surface area contributed by atoms with Crippen molar-refractivity contribution in [2.24, 2.45) is 11.8 Å². The second-order valence-corrected chi connectivity index (χ2v) is 12.7. The highest BCUT2D eigenvalue weighted by Gasteiger charge is 2.31. The van der Waals surface area contributed by atoms with Crippen molar-refractivity contribution in [3.8, 4) is 0 Å². The molecule has 2 aromatic carbocycles. The second kappa shape index (κ2) is 15.7. The van der Waals surface area contributed by atoms with E-state index in [9.17, 15) is 38.4 Å². The Balaban J connectivity index is 1.75. The van der Waals surface area contributed by atoms with Crippen molar-refractivity contribution < 1.29 is 28.7 Å². The molecule has 14 heteroatoms. The molecule has 0 radical (unpaired) electrons. The fourth-order valence-corrected chi connectivity index (χ4v) is 5.82. The third-order valence-corrected chi connectivity index (χ3v) is 8.13. The maximum Gasteiger partial charge on any atom is 0.329 e. The minimum atomic E-state index is -1.24. The second-order valence-electron chi connectivity index (χ2n) is 12.7. The Labute approximate surface area is 286 Å². The lowest BCUT2D eigenvalue weighted by Crippen LogP contribution is -2.37. The molecule has 2 heterocycles. The smallest absolute Gasteiger partial charge is 0.329 e. The van der Waals surface area contributed by atoms with Crippen LogP contribution in [0.1, 0.15) is 52.6 Å². The number of nitrogens with one attached hydrogen (secondary N) is 2. The van der Waals surface area contributed by atoms with Crippen LogP contribution in [0, 0.1) is 11.8 Å². The molecule has 2 N–H and O–H groups in total. The quantitative estimate of drug-likeness (QED) is 0.100. The molecule has 0 aliphatic carbocycles. The number of ether oxygens (including phenoxy) is 2. The van der Waals surface area contributed by atoms with E-state index in [4.69, 9.17) is 9.47 Å². The Morgan fingerprint density at radius 1 is 0.620 bits per heavy atom. The van der Waals surface area contributed by atoms with Gasteiger partial charge in [0.15, 0.2) is 0 Å². The maximum atomic E-state index is 13.7. The number of esters is 2. The van der Waals surface area contributed by atoms with E-state index in [2.05, 4.69) is 23.8 Å². The van der Waals surface area contributed by atoms with Crippen LogP contribution in [0.2, 0.25) is 0 Å². The van der Waals surface area contributed by atoms with Gasteiger partial charge < -0.3 is 20.1 Å². The van der Waals surface area contributed by atoms with Gasteiger partial charge in [0.2, 0.25) is 11.8 Å². The van der Waals surface area contributed by atoms with Crippen LogP contribution in [0.15, 0.2) is 68.8 Å². The summed E-state index contributed by atoms with van der Waals surface area (Å²) in [6, 6.07) is 3.27. The molecule has 2 aromatic heterocycles. The molecule has 0 fully saturated rings. The monoisotopic (exact) mass is 688 g/mol. The number of nitrogens with zero attached hydrogens (tertiary/aromatic N) is 2. The molecule has 0 aliphatic rings. The zero-order valence-electron chi connectivity index (χ0n) is 28.4. The van der Waals surface area contributed by atoms with Gasteiger partial charge in [-0.05, 0) is 71.9 Å². The van der Waals surface area contributed by atoms with Crippen LogP contribution in [0.4, 0.5) is 0 Å². The lowest BCUT2D eigenvalue weighted by atomic mass is 10.0. The van der Waals surface area contributed by atoms with Gasteiger partial charge in [0.1, 0.15) is 25.3 Å². The van der Waals surface area contributed by atoms with Crippen molar-refractivity contribution >= 4 is 56.1 Å². The lowest BCUT2D eigenvalue weighted by Gasteiger charge is -2.18. The van der Waals surface area contributed by atoms with Crippen molar-refractivity contribution in [1.29, 1.82) is 0 Å². The summed E-state index contributed by atoms with van der Waals surface area (Å²) < 4.78 is 12.3. The van der Waals surface area contributed by atoms with Gasteiger partial charge in [0.25, 0.3) is 22.2 Å². The highest BCUT2D eigenvalue weighted by Crippen LogP contribution is 2.26. The standard InChI is InChI=1S/C36H40N4O10/c1-7-29(41)37-9-11-49-35(47)27(13-19(3)4)39-31(43)23-15-21-17-25-26(18-22(21)16-24(23)32(39)44)34(46)40(33(25)45)28(14-20(5)6)36(48)50-12-10-38-30(42)8-2/h7-8,15-20,27-28H,1-2,9-14H2,3-6H3,(H,37,41)(H,38,42). The summed E-state index contributed by atoms with van der Waals surface area (Å²) in [5.41, 5.74) is -2.88. The molecule has 4 aromatic rings. The van der Waals surface area contributed by atoms with Gasteiger partial charge in [0.05, 0.1) is 34.6 Å². The first-order valence-electron chi connectivity index (χ1n) is 16.2. The summed E-state index contributed by atoms with van der Waals surface area (Å²) in [5.74, 6) is -2.72. The topological polar surface area (TPSA) is 189 Å². The minimum absolute atomic E-state index is 0.00712. The largest absolute Gasteiger partial charge is 0.462 e. The molecule has 0 spiro atoms. The van der Waals surface area contributed by atoms with E-state index in [-0.39, 0.29) is 72.5 Å². The normalized spacial score (nSPS) is 12.7. The SMILES string of the molecule is C=CC(=O)NCCOC(=O)C(CC(C)C)n1c(=O)c2cc3cc4c(=O)n(C(CC(C)C)C(=O)OCCNC(=O)C=C)c(=O)c4cc3cc2c1=O. The fourth-order valence-electron chi connectivity index (χ4n) is 5.82. The number of carbonyl (C=O) groups is 4. The third kappa shape index (κ3) is 7.80. The molecular formula is C36H40N4O10. The number of hydrogen-bond donors (Lipinski definition) is 2. The predicted molar refractivity (Wildman–Crippen MR) is 188 cm³/mol. The van der Waals surface area contributed by atoms with E-state index < -0.39 is 58.1 Å².